The van der Waals surface area contributed by atoms with Gasteiger partial charge in [-0.1, -0.05) is 17.7 Å². The molecule has 0 amide bonds. The summed E-state index contributed by atoms with van der Waals surface area (Å²) in [4.78, 5) is 22.9. The molecule has 2 rings (SSSR count). The van der Waals surface area contributed by atoms with Crippen LogP contribution in [0.5, 0.6) is 0 Å². The number of aldehydes is 1. The van der Waals surface area contributed by atoms with E-state index < -0.39 is 0 Å². The number of nitrogens with one attached hydrogen (secondary N) is 1. The molecule has 19 heavy (non-hydrogen) atoms. The molecular formula is C15H18ClNO2. The fourth-order valence-electron chi connectivity index (χ4n) is 3.08. The summed E-state index contributed by atoms with van der Waals surface area (Å²) in [6.07, 6.45) is 0.442. The maximum absolute atomic E-state index is 12.0. The van der Waals surface area contributed by atoms with Crippen LogP contribution in [0.4, 0.5) is 0 Å². The summed E-state index contributed by atoms with van der Waals surface area (Å²) >= 11 is 5.97. The van der Waals surface area contributed by atoms with Gasteiger partial charge >= 0.3 is 0 Å². The van der Waals surface area contributed by atoms with E-state index in [4.69, 9.17) is 11.6 Å². The largest absolute Gasteiger partial charge is 0.310 e. The molecule has 4 heteroatoms. The van der Waals surface area contributed by atoms with Crippen LogP contribution >= 0.6 is 11.6 Å². The standard InChI is InChI=1S/C15H18ClNO2/c1-9-6-10(16)4-5-11(9)12-7-17-15(2,3)14(12)13(19)8-18/h4-6,8,12,14,17H,7H2,1-3H3. The fourth-order valence-corrected chi connectivity index (χ4v) is 3.30. The van der Waals surface area contributed by atoms with Gasteiger partial charge in [-0.2, -0.15) is 0 Å². The summed E-state index contributed by atoms with van der Waals surface area (Å²) in [7, 11) is 0. The molecule has 1 heterocycles. The highest BCUT2D eigenvalue weighted by Gasteiger charge is 2.46. The van der Waals surface area contributed by atoms with Gasteiger partial charge < -0.3 is 5.32 Å². The van der Waals surface area contributed by atoms with Gasteiger partial charge in [0.25, 0.3) is 0 Å². The van der Waals surface area contributed by atoms with E-state index in [1.54, 1.807) is 0 Å². The van der Waals surface area contributed by atoms with E-state index in [9.17, 15) is 9.59 Å². The number of hydrogen-bond donors (Lipinski definition) is 1. The Hall–Kier alpha value is -1.19. The Balaban J connectivity index is 2.43. The maximum Gasteiger partial charge on any atom is 0.200 e. The van der Waals surface area contributed by atoms with E-state index in [1.807, 2.05) is 39.0 Å². The second-order valence-corrected chi connectivity index (χ2v) is 6.14. The van der Waals surface area contributed by atoms with Gasteiger partial charge in [-0.25, -0.2) is 0 Å². The summed E-state index contributed by atoms with van der Waals surface area (Å²) in [5.41, 5.74) is 1.78. The zero-order chi connectivity index (χ0) is 14.2. The average Bonchev–Trinajstić information content (AvgIpc) is 2.64. The Morgan fingerprint density at radius 2 is 2.16 bits per heavy atom. The number of rotatable bonds is 3. The van der Waals surface area contributed by atoms with Gasteiger partial charge in [0.1, 0.15) is 0 Å². The molecule has 0 aliphatic carbocycles. The molecule has 0 bridgehead atoms. The second kappa shape index (κ2) is 5.06. The number of hydrogen-bond acceptors (Lipinski definition) is 3. The molecule has 1 aliphatic rings. The molecule has 1 aromatic carbocycles. The topological polar surface area (TPSA) is 46.2 Å². The number of Topliss-reactive ketones (excluding diaryl/α,β-unsaturated/α-hetero) is 1. The predicted molar refractivity (Wildman–Crippen MR) is 75.6 cm³/mol. The normalized spacial score (nSPS) is 25.3. The van der Waals surface area contributed by atoms with Crippen molar-refractivity contribution in [2.24, 2.45) is 5.92 Å². The summed E-state index contributed by atoms with van der Waals surface area (Å²) in [5, 5.41) is 4.02. The third kappa shape index (κ3) is 2.58. The summed E-state index contributed by atoms with van der Waals surface area (Å²) < 4.78 is 0. The first-order valence-electron chi connectivity index (χ1n) is 6.37. The first-order chi connectivity index (χ1) is 8.86. The minimum absolute atomic E-state index is 0.0185. The van der Waals surface area contributed by atoms with Crippen LogP contribution in [-0.2, 0) is 9.59 Å². The summed E-state index contributed by atoms with van der Waals surface area (Å²) in [6, 6.07) is 5.68. The first-order valence-corrected chi connectivity index (χ1v) is 6.74. The second-order valence-electron chi connectivity index (χ2n) is 5.71. The van der Waals surface area contributed by atoms with Gasteiger partial charge in [0.05, 0.1) is 5.92 Å². The lowest BCUT2D eigenvalue weighted by Crippen LogP contribution is -2.42. The van der Waals surface area contributed by atoms with Crippen LogP contribution in [-0.4, -0.2) is 24.2 Å². The molecule has 1 fully saturated rings. The molecule has 1 N–H and O–H groups in total. The van der Waals surface area contributed by atoms with E-state index in [0.29, 0.717) is 17.9 Å². The van der Waals surface area contributed by atoms with Crippen molar-refractivity contribution in [3.63, 3.8) is 0 Å². The molecule has 0 aromatic heterocycles. The molecule has 3 nitrogen and oxygen atoms in total. The summed E-state index contributed by atoms with van der Waals surface area (Å²) in [6.45, 7) is 6.60. The summed E-state index contributed by atoms with van der Waals surface area (Å²) in [5.74, 6) is -0.649. The van der Waals surface area contributed by atoms with Gasteiger partial charge in [-0.05, 0) is 44.0 Å². The minimum Gasteiger partial charge on any atom is -0.310 e. The smallest absolute Gasteiger partial charge is 0.200 e. The lowest BCUT2D eigenvalue weighted by atomic mass is 9.76. The van der Waals surface area contributed by atoms with Crippen molar-refractivity contribution < 1.29 is 9.59 Å². The highest BCUT2D eigenvalue weighted by atomic mass is 35.5. The SMILES string of the molecule is Cc1cc(Cl)ccc1C1CNC(C)(C)C1C(=O)C=O. The number of aryl methyl sites for hydroxylation is 1. The molecule has 1 aromatic rings. The van der Waals surface area contributed by atoms with Crippen molar-refractivity contribution >= 4 is 23.7 Å². The predicted octanol–water partition coefficient (Wildman–Crippen LogP) is 2.50. The maximum atomic E-state index is 12.0. The van der Waals surface area contributed by atoms with Crippen molar-refractivity contribution in [3.8, 4) is 0 Å². The molecule has 2 atom stereocenters. The highest BCUT2D eigenvalue weighted by molar-refractivity contribution is 6.30. The van der Waals surface area contributed by atoms with Crippen LogP contribution in [0.25, 0.3) is 0 Å². The van der Waals surface area contributed by atoms with E-state index in [1.165, 1.54) is 0 Å². The molecule has 102 valence electrons. The number of halogens is 1. The fraction of sp³-hybridized carbons (Fsp3) is 0.467. The molecule has 0 spiro atoms. The van der Waals surface area contributed by atoms with Crippen molar-refractivity contribution in [1.29, 1.82) is 0 Å². The lowest BCUT2D eigenvalue weighted by Gasteiger charge is -2.28. The van der Waals surface area contributed by atoms with E-state index in [2.05, 4.69) is 5.32 Å². The van der Waals surface area contributed by atoms with Crippen LogP contribution in [0.1, 0.15) is 30.9 Å². The van der Waals surface area contributed by atoms with E-state index in [0.717, 1.165) is 11.1 Å². The van der Waals surface area contributed by atoms with Crippen LogP contribution < -0.4 is 5.32 Å². The minimum atomic E-state index is -0.366. The quantitative estimate of drug-likeness (QED) is 0.683. The van der Waals surface area contributed by atoms with Crippen LogP contribution in [0.15, 0.2) is 18.2 Å². The van der Waals surface area contributed by atoms with Crippen molar-refractivity contribution in [2.45, 2.75) is 32.2 Å². The van der Waals surface area contributed by atoms with Crippen LogP contribution in [0.2, 0.25) is 5.02 Å². The molecule has 0 radical (unpaired) electrons. The first kappa shape index (κ1) is 14.2. The number of benzene rings is 1. The third-order valence-electron chi connectivity index (χ3n) is 4.01. The third-order valence-corrected chi connectivity index (χ3v) is 4.25. The Morgan fingerprint density at radius 3 is 2.74 bits per heavy atom. The zero-order valence-corrected chi connectivity index (χ0v) is 12.1. The Kier molecular flexibility index (Phi) is 3.79. The van der Waals surface area contributed by atoms with Gasteiger partial charge in [-0.3, -0.25) is 9.59 Å². The van der Waals surface area contributed by atoms with Crippen molar-refractivity contribution in [2.75, 3.05) is 6.54 Å². The van der Waals surface area contributed by atoms with E-state index >= 15 is 0 Å². The van der Waals surface area contributed by atoms with Crippen molar-refractivity contribution in [1.82, 2.24) is 5.32 Å². The highest BCUT2D eigenvalue weighted by Crippen LogP contribution is 2.39. The Bertz CT molecular complexity index is 525. The Morgan fingerprint density at radius 1 is 1.47 bits per heavy atom. The number of carbonyl (C=O) groups excluding carboxylic acids is 2. The van der Waals surface area contributed by atoms with Gasteiger partial charge in [0, 0.05) is 23.0 Å². The van der Waals surface area contributed by atoms with E-state index in [-0.39, 0.29) is 23.2 Å². The van der Waals surface area contributed by atoms with Gasteiger partial charge in [-0.15, -0.1) is 0 Å². The monoisotopic (exact) mass is 279 g/mol. The van der Waals surface area contributed by atoms with Crippen LogP contribution in [0, 0.1) is 12.8 Å². The van der Waals surface area contributed by atoms with Gasteiger partial charge in [0.2, 0.25) is 5.78 Å². The molecule has 1 aliphatic heterocycles. The Labute approximate surface area is 118 Å². The molecular weight excluding hydrogens is 262 g/mol. The number of ketones is 1. The van der Waals surface area contributed by atoms with Gasteiger partial charge in [0.15, 0.2) is 6.29 Å². The number of carbonyl (C=O) groups is 2. The lowest BCUT2D eigenvalue weighted by molar-refractivity contribution is -0.133. The van der Waals surface area contributed by atoms with Crippen molar-refractivity contribution in [3.05, 3.63) is 34.3 Å². The molecule has 0 saturated carbocycles. The molecule has 2 unspecified atom stereocenters. The molecule has 1 saturated heterocycles. The zero-order valence-electron chi connectivity index (χ0n) is 11.4. The van der Waals surface area contributed by atoms with Crippen LogP contribution in [0.3, 0.4) is 0 Å². The average molecular weight is 280 g/mol.